The zero-order valence-corrected chi connectivity index (χ0v) is 20.8. The van der Waals surface area contributed by atoms with E-state index in [4.69, 9.17) is 5.73 Å². The minimum Gasteiger partial charge on any atom is -0.330 e. The minimum atomic E-state index is -0.204. The van der Waals surface area contributed by atoms with Crippen molar-refractivity contribution in [2.75, 3.05) is 11.6 Å². The van der Waals surface area contributed by atoms with Crippen molar-refractivity contribution in [3.8, 4) is 0 Å². The summed E-state index contributed by atoms with van der Waals surface area (Å²) in [5.41, 5.74) is 11.9. The predicted molar refractivity (Wildman–Crippen MR) is 139 cm³/mol. The van der Waals surface area contributed by atoms with Gasteiger partial charge in [-0.3, -0.25) is 19.3 Å². The van der Waals surface area contributed by atoms with Gasteiger partial charge in [0.25, 0.3) is 5.91 Å². The summed E-state index contributed by atoms with van der Waals surface area (Å²) in [5.74, 6) is -0.0938. The van der Waals surface area contributed by atoms with Gasteiger partial charge in [0.2, 0.25) is 0 Å². The molecule has 1 aliphatic heterocycles. The number of benzene rings is 2. The highest BCUT2D eigenvalue weighted by molar-refractivity contribution is 5.95. The molecule has 5 rings (SSSR count). The molecule has 6 heteroatoms. The van der Waals surface area contributed by atoms with Crippen LogP contribution in [0.5, 0.6) is 0 Å². The van der Waals surface area contributed by atoms with Crippen LogP contribution in [0.15, 0.2) is 65.6 Å². The maximum absolute atomic E-state index is 13.9. The Hall–Kier alpha value is -3.38. The zero-order valence-electron chi connectivity index (χ0n) is 20.8. The highest BCUT2D eigenvalue weighted by atomic mass is 16.2. The molecular formula is C29H34N4O2. The third kappa shape index (κ3) is 3.86. The monoisotopic (exact) mass is 470 g/mol. The van der Waals surface area contributed by atoms with Gasteiger partial charge in [0.15, 0.2) is 5.43 Å². The number of amides is 1. The summed E-state index contributed by atoms with van der Waals surface area (Å²) in [6, 6.07) is 18.7. The standard InChI is InChI=1S/C29H34N4O2/c1-19(2)32-26(13-8-17-30)33(31-18-16-25(34)20(3)27(31)29(32)35)28-23-11-6-4-9-21(23)14-15-22-10-5-7-12-24(22)28/h4-7,9-12,16,18-19,26,28H,8,13-15,17,30H2,1-3H3. The largest absolute Gasteiger partial charge is 0.330 e. The number of rotatable bonds is 5. The lowest BCUT2D eigenvalue weighted by Gasteiger charge is -2.52. The molecule has 2 heterocycles. The molecule has 0 saturated heterocycles. The molecule has 3 aromatic rings. The van der Waals surface area contributed by atoms with E-state index in [1.807, 2.05) is 23.4 Å². The van der Waals surface area contributed by atoms with Crippen molar-refractivity contribution in [3.63, 3.8) is 0 Å². The number of hydrogen-bond acceptors (Lipinski definition) is 4. The maximum Gasteiger partial charge on any atom is 0.274 e. The lowest BCUT2D eigenvalue weighted by Crippen LogP contribution is -2.64. The van der Waals surface area contributed by atoms with Gasteiger partial charge in [-0.1, -0.05) is 48.5 Å². The molecule has 2 N–H and O–H groups in total. The first kappa shape index (κ1) is 23.4. The molecule has 6 nitrogen and oxygen atoms in total. The van der Waals surface area contributed by atoms with Crippen LogP contribution in [0.25, 0.3) is 0 Å². The van der Waals surface area contributed by atoms with E-state index in [1.165, 1.54) is 22.3 Å². The molecule has 0 saturated carbocycles. The van der Waals surface area contributed by atoms with Gasteiger partial charge in [0.1, 0.15) is 11.9 Å². The van der Waals surface area contributed by atoms with Crippen molar-refractivity contribution in [2.45, 2.75) is 64.7 Å². The van der Waals surface area contributed by atoms with Crippen LogP contribution in [0.4, 0.5) is 0 Å². The Morgan fingerprint density at radius 2 is 1.54 bits per heavy atom. The Morgan fingerprint density at radius 3 is 2.11 bits per heavy atom. The van der Waals surface area contributed by atoms with E-state index in [2.05, 4.69) is 53.5 Å². The summed E-state index contributed by atoms with van der Waals surface area (Å²) in [5, 5.41) is 2.34. The Kier molecular flexibility index (Phi) is 6.24. The SMILES string of the molecule is Cc1c2n(ccc1=O)N(C1c3ccccc3CCc3ccccc31)C(CCCN)N(C(C)C)C2=O. The van der Waals surface area contributed by atoms with Gasteiger partial charge in [-0.2, -0.15) is 0 Å². The molecule has 35 heavy (non-hydrogen) atoms. The van der Waals surface area contributed by atoms with Crippen molar-refractivity contribution >= 4 is 5.91 Å². The Bertz CT molecular complexity index is 1260. The second kappa shape index (κ2) is 9.34. The van der Waals surface area contributed by atoms with Crippen LogP contribution in [-0.2, 0) is 12.8 Å². The summed E-state index contributed by atoms with van der Waals surface area (Å²) in [6.45, 7) is 6.41. The van der Waals surface area contributed by atoms with Crippen LogP contribution in [0.2, 0.25) is 0 Å². The number of nitrogens with zero attached hydrogens (tertiary/aromatic N) is 3. The van der Waals surface area contributed by atoms with Crippen LogP contribution in [0.3, 0.4) is 0 Å². The van der Waals surface area contributed by atoms with Gasteiger partial charge in [-0.15, -0.1) is 0 Å². The van der Waals surface area contributed by atoms with Gasteiger partial charge in [-0.25, -0.2) is 0 Å². The van der Waals surface area contributed by atoms with E-state index in [0.717, 1.165) is 25.7 Å². The molecule has 0 spiro atoms. The molecule has 1 aromatic heterocycles. The zero-order chi connectivity index (χ0) is 24.7. The quantitative estimate of drug-likeness (QED) is 0.614. The van der Waals surface area contributed by atoms with Crippen molar-refractivity contribution in [2.24, 2.45) is 5.73 Å². The smallest absolute Gasteiger partial charge is 0.274 e. The predicted octanol–water partition coefficient (Wildman–Crippen LogP) is 3.91. The number of hydrogen-bond donors (Lipinski definition) is 1. The number of aryl methyl sites for hydroxylation is 2. The molecule has 0 radical (unpaired) electrons. The highest BCUT2D eigenvalue weighted by Crippen LogP contribution is 2.40. The number of aromatic nitrogens is 1. The molecule has 2 aromatic carbocycles. The average molecular weight is 471 g/mol. The molecule has 182 valence electrons. The van der Waals surface area contributed by atoms with Crippen molar-refractivity contribution in [3.05, 3.63) is 105 Å². The van der Waals surface area contributed by atoms with Gasteiger partial charge in [0, 0.05) is 23.9 Å². The Labute approximate surface area is 206 Å². The first-order valence-electron chi connectivity index (χ1n) is 12.6. The lowest BCUT2D eigenvalue weighted by atomic mass is 9.92. The summed E-state index contributed by atoms with van der Waals surface area (Å²) < 4.78 is 1.96. The number of fused-ring (bicyclic) bond motifs is 3. The van der Waals surface area contributed by atoms with Crippen LogP contribution < -0.4 is 16.2 Å². The molecule has 0 bridgehead atoms. The molecule has 0 fully saturated rings. The van der Waals surface area contributed by atoms with Crippen LogP contribution in [-0.4, -0.2) is 34.2 Å². The fraction of sp³-hybridized carbons (Fsp3) is 0.379. The van der Waals surface area contributed by atoms with E-state index in [9.17, 15) is 9.59 Å². The molecule has 2 aliphatic rings. The van der Waals surface area contributed by atoms with Gasteiger partial charge < -0.3 is 10.6 Å². The van der Waals surface area contributed by atoms with Crippen LogP contribution >= 0.6 is 0 Å². The number of nitrogens with two attached hydrogens (primary N) is 1. The number of carbonyl (C=O) groups excluding carboxylic acids is 1. The fourth-order valence-corrected chi connectivity index (χ4v) is 5.83. The number of carbonyl (C=O) groups is 1. The number of pyridine rings is 1. The van der Waals surface area contributed by atoms with E-state index in [1.54, 1.807) is 19.2 Å². The van der Waals surface area contributed by atoms with Crippen LogP contribution in [0.1, 0.15) is 71.0 Å². The summed E-state index contributed by atoms with van der Waals surface area (Å²) in [7, 11) is 0. The fourth-order valence-electron chi connectivity index (χ4n) is 5.83. The normalized spacial score (nSPS) is 17.7. The third-order valence-electron chi connectivity index (χ3n) is 7.48. The lowest BCUT2D eigenvalue weighted by molar-refractivity contribution is 0.0450. The molecule has 1 amide bonds. The van der Waals surface area contributed by atoms with E-state index in [0.29, 0.717) is 17.8 Å². The van der Waals surface area contributed by atoms with E-state index < -0.39 is 0 Å². The Morgan fingerprint density at radius 1 is 0.943 bits per heavy atom. The maximum atomic E-state index is 13.9. The van der Waals surface area contributed by atoms with Crippen molar-refractivity contribution in [1.29, 1.82) is 0 Å². The van der Waals surface area contributed by atoms with Crippen molar-refractivity contribution in [1.82, 2.24) is 9.58 Å². The highest BCUT2D eigenvalue weighted by Gasteiger charge is 2.44. The van der Waals surface area contributed by atoms with E-state index >= 15 is 0 Å². The molecule has 1 atom stereocenters. The second-order valence-electron chi connectivity index (χ2n) is 9.90. The summed E-state index contributed by atoms with van der Waals surface area (Å²) >= 11 is 0. The summed E-state index contributed by atoms with van der Waals surface area (Å²) in [4.78, 5) is 28.5. The van der Waals surface area contributed by atoms with Gasteiger partial charge >= 0.3 is 0 Å². The molecule has 1 unspecified atom stereocenters. The van der Waals surface area contributed by atoms with Gasteiger partial charge in [0.05, 0.1) is 6.04 Å². The topological polar surface area (TPSA) is 71.6 Å². The van der Waals surface area contributed by atoms with Gasteiger partial charge in [-0.05, 0) is 75.3 Å². The summed E-state index contributed by atoms with van der Waals surface area (Å²) in [6.07, 6.45) is 5.05. The first-order valence-corrected chi connectivity index (χ1v) is 12.6. The van der Waals surface area contributed by atoms with Crippen LogP contribution in [0, 0.1) is 6.92 Å². The molecule has 1 aliphatic carbocycles. The minimum absolute atomic E-state index is 0.0347. The second-order valence-corrected chi connectivity index (χ2v) is 9.90. The Balaban J connectivity index is 1.83. The first-order chi connectivity index (χ1) is 16.9. The molecular weight excluding hydrogens is 436 g/mol. The van der Waals surface area contributed by atoms with Crippen molar-refractivity contribution < 1.29 is 4.79 Å². The third-order valence-corrected chi connectivity index (χ3v) is 7.48. The van der Waals surface area contributed by atoms with E-state index in [-0.39, 0.29) is 29.6 Å². The average Bonchev–Trinajstić information content (AvgIpc) is 3.01.